The number of nitrogens with one attached hydrogen (secondary N) is 2. The van der Waals surface area contributed by atoms with E-state index in [0.717, 1.165) is 0 Å². The number of aromatic amines is 1. The van der Waals surface area contributed by atoms with Crippen molar-refractivity contribution in [3.8, 4) is 0 Å². The summed E-state index contributed by atoms with van der Waals surface area (Å²) in [6.45, 7) is 1.91. The normalized spacial score (nSPS) is 12.4. The Kier molecular flexibility index (Phi) is 2.72. The van der Waals surface area contributed by atoms with Crippen molar-refractivity contribution in [1.29, 1.82) is 0 Å². The van der Waals surface area contributed by atoms with Gasteiger partial charge in [-0.25, -0.2) is 9.37 Å². The lowest BCUT2D eigenvalue weighted by atomic mass is 10.2. The molecule has 0 aliphatic carbocycles. The molecule has 6 heteroatoms. The van der Waals surface area contributed by atoms with E-state index in [1.54, 1.807) is 6.07 Å². The van der Waals surface area contributed by atoms with Gasteiger partial charge >= 0.3 is 0 Å². The Balaban J connectivity index is 2.15. The number of hydrogen-bond acceptors (Lipinski definition) is 4. The minimum atomic E-state index is -0.352. The predicted molar refractivity (Wildman–Crippen MR) is 59.2 cm³/mol. The van der Waals surface area contributed by atoms with Gasteiger partial charge in [0.25, 0.3) is 0 Å². The Morgan fingerprint density at radius 2 is 2.31 bits per heavy atom. The molecule has 0 fully saturated rings. The number of halogens is 1. The predicted octanol–water partition coefficient (Wildman–Crippen LogP) is 1.70. The Bertz CT molecular complexity index is 468. The van der Waals surface area contributed by atoms with Gasteiger partial charge in [-0.15, -0.1) is 0 Å². The fourth-order valence-corrected chi connectivity index (χ4v) is 1.39. The minimum absolute atomic E-state index is 0.0738. The summed E-state index contributed by atoms with van der Waals surface area (Å²) in [5.74, 6) is 0.346. The fourth-order valence-electron chi connectivity index (χ4n) is 1.39. The van der Waals surface area contributed by atoms with Crippen LogP contribution in [0.4, 0.5) is 15.8 Å². The van der Waals surface area contributed by atoms with Gasteiger partial charge in [-0.05, 0) is 25.1 Å². The van der Waals surface area contributed by atoms with Crippen molar-refractivity contribution in [2.24, 2.45) is 0 Å². The molecule has 0 bridgehead atoms. The topological polar surface area (TPSA) is 79.6 Å². The molecule has 1 unspecified atom stereocenters. The third kappa shape index (κ3) is 2.10. The van der Waals surface area contributed by atoms with E-state index >= 15 is 0 Å². The van der Waals surface area contributed by atoms with Crippen LogP contribution in [0, 0.1) is 5.82 Å². The zero-order valence-corrected chi connectivity index (χ0v) is 8.74. The fraction of sp³-hybridized carbons (Fsp3) is 0.200. The van der Waals surface area contributed by atoms with Crippen LogP contribution in [0.15, 0.2) is 24.5 Å². The molecule has 84 valence electrons. The monoisotopic (exact) mass is 221 g/mol. The van der Waals surface area contributed by atoms with E-state index in [4.69, 9.17) is 5.73 Å². The molecule has 1 atom stereocenters. The van der Waals surface area contributed by atoms with Crippen LogP contribution in [0.5, 0.6) is 0 Å². The van der Waals surface area contributed by atoms with Gasteiger partial charge in [0.05, 0.1) is 17.4 Å². The second-order valence-corrected chi connectivity index (χ2v) is 3.47. The summed E-state index contributed by atoms with van der Waals surface area (Å²) in [6, 6.07) is 4.15. The quantitative estimate of drug-likeness (QED) is 0.689. The second kappa shape index (κ2) is 4.18. The summed E-state index contributed by atoms with van der Waals surface area (Å²) in [7, 11) is 0. The van der Waals surface area contributed by atoms with Crippen molar-refractivity contribution < 1.29 is 4.39 Å². The van der Waals surface area contributed by atoms with Gasteiger partial charge in [-0.1, -0.05) is 0 Å². The van der Waals surface area contributed by atoms with Crippen molar-refractivity contribution in [3.05, 3.63) is 36.2 Å². The number of hydrogen-bond donors (Lipinski definition) is 3. The highest BCUT2D eigenvalue weighted by molar-refractivity contribution is 5.66. The average Bonchev–Trinajstić information content (AvgIpc) is 2.75. The Hall–Kier alpha value is -2.11. The molecule has 1 heterocycles. The van der Waals surface area contributed by atoms with E-state index in [1.165, 1.54) is 18.5 Å². The standard InChI is InChI=1S/C10H12FN5/c1-6(10-13-5-14-16-10)15-9-3-2-7(11)4-8(9)12/h2-6,15H,12H2,1H3,(H,13,14,16). The van der Waals surface area contributed by atoms with E-state index in [9.17, 15) is 4.39 Å². The largest absolute Gasteiger partial charge is 0.397 e. The molecule has 0 saturated heterocycles. The highest BCUT2D eigenvalue weighted by Crippen LogP contribution is 2.23. The van der Waals surface area contributed by atoms with Crippen molar-refractivity contribution in [1.82, 2.24) is 15.2 Å². The smallest absolute Gasteiger partial charge is 0.146 e. The summed E-state index contributed by atoms with van der Waals surface area (Å²) in [6.07, 6.45) is 1.43. The van der Waals surface area contributed by atoms with Gasteiger partial charge < -0.3 is 11.1 Å². The number of H-pyrrole nitrogens is 1. The number of nitrogens with zero attached hydrogens (tertiary/aromatic N) is 2. The molecule has 5 nitrogen and oxygen atoms in total. The lowest BCUT2D eigenvalue weighted by molar-refractivity contribution is 0.628. The lowest BCUT2D eigenvalue weighted by Gasteiger charge is -2.14. The van der Waals surface area contributed by atoms with Crippen LogP contribution >= 0.6 is 0 Å². The third-order valence-electron chi connectivity index (χ3n) is 2.23. The molecule has 2 rings (SSSR count). The van der Waals surface area contributed by atoms with Crippen molar-refractivity contribution >= 4 is 11.4 Å². The van der Waals surface area contributed by atoms with Crippen LogP contribution in [0.1, 0.15) is 18.8 Å². The number of anilines is 2. The molecule has 1 aromatic carbocycles. The van der Waals surface area contributed by atoms with Gasteiger partial charge in [0.1, 0.15) is 18.0 Å². The molecule has 0 amide bonds. The zero-order valence-electron chi connectivity index (χ0n) is 8.74. The summed E-state index contributed by atoms with van der Waals surface area (Å²) < 4.78 is 12.8. The number of benzene rings is 1. The number of nitrogens with two attached hydrogens (primary N) is 1. The molecule has 0 aliphatic rings. The first-order chi connectivity index (χ1) is 7.66. The molecular formula is C10H12FN5. The summed E-state index contributed by atoms with van der Waals surface area (Å²) in [4.78, 5) is 4.02. The van der Waals surface area contributed by atoms with Gasteiger partial charge in [0.15, 0.2) is 0 Å². The summed E-state index contributed by atoms with van der Waals surface area (Å²) in [5.41, 5.74) is 6.71. The number of nitrogen functional groups attached to an aromatic ring is 1. The first-order valence-electron chi connectivity index (χ1n) is 4.83. The molecule has 0 saturated carbocycles. The number of rotatable bonds is 3. The first kappa shape index (κ1) is 10.4. The van der Waals surface area contributed by atoms with Crippen molar-refractivity contribution in [3.63, 3.8) is 0 Å². The van der Waals surface area contributed by atoms with Crippen molar-refractivity contribution in [2.45, 2.75) is 13.0 Å². The maximum absolute atomic E-state index is 12.8. The minimum Gasteiger partial charge on any atom is -0.397 e. The first-order valence-corrected chi connectivity index (χ1v) is 4.83. The van der Waals surface area contributed by atoms with E-state index in [2.05, 4.69) is 20.5 Å². The van der Waals surface area contributed by atoms with Crippen LogP contribution in [0.25, 0.3) is 0 Å². The Morgan fingerprint density at radius 1 is 1.50 bits per heavy atom. The van der Waals surface area contributed by atoms with Gasteiger partial charge in [0.2, 0.25) is 0 Å². The summed E-state index contributed by atoms with van der Waals surface area (Å²) in [5, 5.41) is 9.62. The lowest BCUT2D eigenvalue weighted by Crippen LogP contribution is -2.10. The highest BCUT2D eigenvalue weighted by atomic mass is 19.1. The third-order valence-corrected chi connectivity index (χ3v) is 2.23. The van der Waals surface area contributed by atoms with Crippen LogP contribution in [0.3, 0.4) is 0 Å². The molecule has 0 radical (unpaired) electrons. The molecule has 0 aliphatic heterocycles. The van der Waals surface area contributed by atoms with Crippen LogP contribution in [-0.4, -0.2) is 15.2 Å². The van der Waals surface area contributed by atoms with E-state index in [0.29, 0.717) is 17.2 Å². The van der Waals surface area contributed by atoms with Crippen LogP contribution < -0.4 is 11.1 Å². The second-order valence-electron chi connectivity index (χ2n) is 3.47. The molecular weight excluding hydrogens is 209 g/mol. The molecule has 4 N–H and O–H groups in total. The molecule has 1 aromatic heterocycles. The zero-order chi connectivity index (χ0) is 11.5. The van der Waals surface area contributed by atoms with E-state index in [-0.39, 0.29) is 11.9 Å². The van der Waals surface area contributed by atoms with Crippen LogP contribution in [0.2, 0.25) is 0 Å². The Labute approximate surface area is 91.9 Å². The van der Waals surface area contributed by atoms with E-state index in [1.807, 2.05) is 6.92 Å². The van der Waals surface area contributed by atoms with E-state index < -0.39 is 0 Å². The average molecular weight is 221 g/mol. The summed E-state index contributed by atoms with van der Waals surface area (Å²) >= 11 is 0. The van der Waals surface area contributed by atoms with Gasteiger partial charge in [0, 0.05) is 0 Å². The SMILES string of the molecule is CC(Nc1ccc(F)cc1N)c1ncn[nH]1. The van der Waals surface area contributed by atoms with Crippen LogP contribution in [-0.2, 0) is 0 Å². The molecule has 2 aromatic rings. The molecule has 16 heavy (non-hydrogen) atoms. The highest BCUT2D eigenvalue weighted by Gasteiger charge is 2.09. The van der Waals surface area contributed by atoms with Crippen molar-refractivity contribution in [2.75, 3.05) is 11.1 Å². The Morgan fingerprint density at radius 3 is 2.94 bits per heavy atom. The maximum atomic E-state index is 12.8. The molecule has 0 spiro atoms. The number of aromatic nitrogens is 3. The maximum Gasteiger partial charge on any atom is 0.146 e. The van der Waals surface area contributed by atoms with Gasteiger partial charge in [-0.2, -0.15) is 5.10 Å². The van der Waals surface area contributed by atoms with Gasteiger partial charge in [-0.3, -0.25) is 5.10 Å².